The summed E-state index contributed by atoms with van der Waals surface area (Å²) < 4.78 is 6.10. The number of rotatable bonds is 10. The van der Waals surface area contributed by atoms with Gasteiger partial charge in [-0.25, -0.2) is 0 Å². The van der Waals surface area contributed by atoms with E-state index in [1.54, 1.807) is 0 Å². The minimum Gasteiger partial charge on any atom is -0.378 e. The Morgan fingerprint density at radius 2 is 1.46 bits per heavy atom. The normalized spacial score (nSPS) is 31.6. The lowest BCUT2D eigenvalue weighted by Crippen LogP contribution is -2.28. The summed E-state index contributed by atoms with van der Waals surface area (Å²) in [5.41, 5.74) is 0. The Morgan fingerprint density at radius 3 is 2.08 bits per heavy atom. The lowest BCUT2D eigenvalue weighted by Gasteiger charge is -2.37. The van der Waals surface area contributed by atoms with E-state index in [0.717, 1.165) is 24.4 Å². The van der Waals surface area contributed by atoms with Crippen LogP contribution in [0.3, 0.4) is 0 Å². The molecule has 0 aliphatic heterocycles. The van der Waals surface area contributed by atoms with Crippen molar-refractivity contribution in [2.45, 2.75) is 110 Å². The Morgan fingerprint density at radius 1 is 0.792 bits per heavy atom. The first-order valence-corrected chi connectivity index (χ1v) is 11.1. The van der Waals surface area contributed by atoms with Crippen molar-refractivity contribution in [1.82, 2.24) is 0 Å². The topological polar surface area (TPSA) is 9.23 Å². The molecule has 1 nitrogen and oxygen atoms in total. The third-order valence-corrected chi connectivity index (χ3v) is 6.52. The summed E-state index contributed by atoms with van der Waals surface area (Å²) in [5, 5.41) is 0. The van der Waals surface area contributed by atoms with Crippen molar-refractivity contribution in [3.8, 4) is 0 Å². The molecule has 24 heavy (non-hydrogen) atoms. The largest absolute Gasteiger partial charge is 0.378 e. The molecule has 140 valence electrons. The van der Waals surface area contributed by atoms with Crippen LogP contribution in [0.25, 0.3) is 0 Å². The van der Waals surface area contributed by atoms with Crippen LogP contribution < -0.4 is 0 Å². The summed E-state index contributed by atoms with van der Waals surface area (Å²) in [7, 11) is 0. The van der Waals surface area contributed by atoms with E-state index < -0.39 is 0 Å². The third kappa shape index (κ3) is 7.30. The van der Waals surface area contributed by atoms with Crippen molar-refractivity contribution in [2.24, 2.45) is 17.8 Å². The van der Waals surface area contributed by atoms with Crippen LogP contribution >= 0.6 is 0 Å². The molecular weight excluding hydrogens is 292 g/mol. The molecule has 1 heteroatoms. The van der Waals surface area contributed by atoms with Crippen LogP contribution in [0.4, 0.5) is 0 Å². The quantitative estimate of drug-likeness (QED) is 0.301. The lowest BCUT2D eigenvalue weighted by molar-refractivity contribution is 0.00543. The highest BCUT2D eigenvalue weighted by Gasteiger charge is 2.30. The number of ether oxygens (including phenoxy) is 1. The predicted molar refractivity (Wildman–Crippen MR) is 105 cm³/mol. The Kier molecular flexibility index (Phi) is 10.1. The summed E-state index contributed by atoms with van der Waals surface area (Å²) in [4.78, 5) is 0. The van der Waals surface area contributed by atoms with Gasteiger partial charge in [-0.3, -0.25) is 0 Å². The zero-order valence-electron chi connectivity index (χ0n) is 16.5. The van der Waals surface area contributed by atoms with Gasteiger partial charge in [0.2, 0.25) is 0 Å². The van der Waals surface area contributed by atoms with Crippen molar-refractivity contribution in [3.05, 3.63) is 12.2 Å². The molecule has 0 atom stereocenters. The summed E-state index contributed by atoms with van der Waals surface area (Å²) >= 11 is 0. The summed E-state index contributed by atoms with van der Waals surface area (Å²) in [6, 6.07) is 0. The Labute approximate surface area is 151 Å². The fourth-order valence-electron chi connectivity index (χ4n) is 4.89. The second kappa shape index (κ2) is 12.1. The first-order valence-electron chi connectivity index (χ1n) is 11.1. The molecule has 0 aromatic heterocycles. The smallest absolute Gasteiger partial charge is 0.0575 e. The van der Waals surface area contributed by atoms with Crippen LogP contribution in [0, 0.1) is 17.8 Å². The van der Waals surface area contributed by atoms with Crippen LogP contribution in [0.2, 0.25) is 0 Å². The Bertz CT molecular complexity index is 319. The summed E-state index contributed by atoms with van der Waals surface area (Å²) in [5.74, 6) is 3.07. The van der Waals surface area contributed by atoms with Crippen molar-refractivity contribution < 1.29 is 4.74 Å². The molecule has 2 saturated carbocycles. The van der Waals surface area contributed by atoms with Gasteiger partial charge in [-0.15, -0.1) is 0 Å². The van der Waals surface area contributed by atoms with Gasteiger partial charge in [0.15, 0.2) is 0 Å². The maximum absolute atomic E-state index is 6.10. The first kappa shape index (κ1) is 20.0. The highest BCUT2D eigenvalue weighted by atomic mass is 16.5. The molecule has 0 aromatic rings. The maximum Gasteiger partial charge on any atom is 0.0575 e. The molecule has 2 aliphatic carbocycles. The molecule has 0 amide bonds. The number of allylic oxidation sites excluding steroid dienone is 2. The molecule has 0 N–H and O–H groups in total. The molecule has 2 fully saturated rings. The molecule has 0 spiro atoms. The maximum atomic E-state index is 6.10. The van der Waals surface area contributed by atoms with Gasteiger partial charge >= 0.3 is 0 Å². The molecule has 0 unspecified atom stereocenters. The van der Waals surface area contributed by atoms with Crippen LogP contribution in [-0.2, 0) is 4.74 Å². The highest BCUT2D eigenvalue weighted by molar-refractivity contribution is 4.85. The van der Waals surface area contributed by atoms with Crippen LogP contribution in [0.5, 0.6) is 0 Å². The highest BCUT2D eigenvalue weighted by Crippen LogP contribution is 2.41. The molecule has 0 saturated heterocycles. The van der Waals surface area contributed by atoms with Crippen LogP contribution in [-0.4, -0.2) is 12.7 Å². The molecule has 0 radical (unpaired) electrons. The number of hydrogen-bond donors (Lipinski definition) is 0. The van der Waals surface area contributed by atoms with Gasteiger partial charge in [0, 0.05) is 6.61 Å². The predicted octanol–water partition coefficient (Wildman–Crippen LogP) is 7.30. The molecule has 2 aliphatic rings. The molecule has 0 heterocycles. The van der Waals surface area contributed by atoms with Crippen LogP contribution in [0.15, 0.2) is 12.2 Å². The van der Waals surface area contributed by atoms with Gasteiger partial charge in [-0.05, 0) is 82.0 Å². The third-order valence-electron chi connectivity index (χ3n) is 6.52. The molecule has 0 aromatic carbocycles. The average molecular weight is 335 g/mol. The second-order valence-corrected chi connectivity index (χ2v) is 8.35. The zero-order chi connectivity index (χ0) is 17.0. The van der Waals surface area contributed by atoms with E-state index >= 15 is 0 Å². The standard InChI is InChI=1S/C23H42O/c1-3-5-7-8-10-20-11-13-21(14-12-20)22-15-17-23(18-16-22)24-19-9-6-4-2/h5,7,20-23H,3-4,6,8-19H2,1-2H3/b7-5+/t20-,21-,22-,23-. The minimum absolute atomic E-state index is 0.583. The van der Waals surface area contributed by atoms with E-state index in [-0.39, 0.29) is 0 Å². The van der Waals surface area contributed by atoms with E-state index in [0.29, 0.717) is 6.10 Å². The van der Waals surface area contributed by atoms with Gasteiger partial charge in [-0.2, -0.15) is 0 Å². The van der Waals surface area contributed by atoms with Gasteiger partial charge in [0.05, 0.1) is 6.10 Å². The van der Waals surface area contributed by atoms with E-state index in [9.17, 15) is 0 Å². The molecule has 2 rings (SSSR count). The van der Waals surface area contributed by atoms with Gasteiger partial charge in [-0.1, -0.05) is 51.7 Å². The van der Waals surface area contributed by atoms with E-state index in [1.165, 1.54) is 89.9 Å². The number of hydrogen-bond acceptors (Lipinski definition) is 1. The van der Waals surface area contributed by atoms with Crippen molar-refractivity contribution in [1.29, 1.82) is 0 Å². The number of unbranched alkanes of at least 4 members (excludes halogenated alkanes) is 2. The van der Waals surface area contributed by atoms with E-state index in [4.69, 9.17) is 4.74 Å². The van der Waals surface area contributed by atoms with Gasteiger partial charge in [0.25, 0.3) is 0 Å². The van der Waals surface area contributed by atoms with Gasteiger partial charge in [0.1, 0.15) is 0 Å². The van der Waals surface area contributed by atoms with E-state index in [2.05, 4.69) is 26.0 Å². The van der Waals surface area contributed by atoms with Crippen molar-refractivity contribution in [2.75, 3.05) is 6.61 Å². The average Bonchev–Trinajstić information content (AvgIpc) is 2.64. The summed E-state index contributed by atoms with van der Waals surface area (Å²) in [6.07, 6.45) is 24.7. The minimum atomic E-state index is 0.583. The fraction of sp³-hybridized carbons (Fsp3) is 0.913. The Hall–Kier alpha value is -0.300. The van der Waals surface area contributed by atoms with E-state index in [1.807, 2.05) is 0 Å². The van der Waals surface area contributed by atoms with Crippen LogP contribution in [0.1, 0.15) is 104 Å². The molecular formula is C23H42O. The fourth-order valence-corrected chi connectivity index (χ4v) is 4.89. The SMILES string of the molecule is CC/C=C/CC[C@H]1CC[C@H]([C@H]2CC[C@H](OCCCCC)CC2)CC1. The Balaban J connectivity index is 1.56. The molecule has 0 bridgehead atoms. The monoisotopic (exact) mass is 334 g/mol. The van der Waals surface area contributed by atoms with Crippen molar-refractivity contribution in [3.63, 3.8) is 0 Å². The zero-order valence-corrected chi connectivity index (χ0v) is 16.5. The first-order chi connectivity index (χ1) is 11.8. The second-order valence-electron chi connectivity index (χ2n) is 8.35. The van der Waals surface area contributed by atoms with Crippen molar-refractivity contribution >= 4 is 0 Å². The van der Waals surface area contributed by atoms with Gasteiger partial charge < -0.3 is 4.74 Å². The lowest BCUT2D eigenvalue weighted by atomic mass is 9.70. The summed E-state index contributed by atoms with van der Waals surface area (Å²) in [6.45, 7) is 5.50.